The van der Waals surface area contributed by atoms with E-state index in [1.165, 1.54) is 37.4 Å². The number of ether oxygens (including phenoxy) is 2. The second kappa shape index (κ2) is 20.2. The van der Waals surface area contributed by atoms with Crippen molar-refractivity contribution < 1.29 is 54.8 Å². The van der Waals surface area contributed by atoms with Gasteiger partial charge in [-0.15, -0.1) is 22.7 Å². The fraction of sp³-hybridized carbons (Fsp3) is 0.390. The maximum Gasteiger partial charge on any atom is 0.351 e. The van der Waals surface area contributed by atoms with E-state index in [0.717, 1.165) is 29.6 Å². The number of phenols is 1. The molecule has 0 saturated heterocycles. The van der Waals surface area contributed by atoms with Crippen molar-refractivity contribution in [2.24, 2.45) is 0 Å². The highest BCUT2D eigenvalue weighted by atomic mass is 35.5. The van der Waals surface area contributed by atoms with Crippen LogP contribution in [0.2, 0.25) is 5.02 Å². The molecule has 0 aliphatic heterocycles. The third kappa shape index (κ3) is 11.1. The molecule has 340 valence electrons. The fourth-order valence-corrected chi connectivity index (χ4v) is 11.5. The summed E-state index contributed by atoms with van der Waals surface area (Å²) >= 11 is 8.65. The summed E-state index contributed by atoms with van der Waals surface area (Å²) < 4.78 is 74.5. The molecule has 3 heterocycles. The molecule has 1 saturated carbocycles. The van der Waals surface area contributed by atoms with Crippen molar-refractivity contribution in [3.63, 3.8) is 0 Å². The zero-order valence-electron chi connectivity index (χ0n) is 34.3. The number of aromatic hydroxyl groups is 1. The predicted molar refractivity (Wildman–Crippen MR) is 239 cm³/mol. The van der Waals surface area contributed by atoms with Crippen LogP contribution in [0.3, 0.4) is 0 Å². The SMILES string of the molecule is COc1cc(NC(=O)CCN(C)C2CCC(OC(=O)C(OS(=O)(=O)C(C)S(=O)(=O)O)(c3cccs3)c3cccs3)CC2)c(Cl)cc1CNC[C@H](O)c1ccc(O)c2[nH]c(=O)ccc12. The number of aromatic nitrogens is 1. The Labute approximate surface area is 376 Å². The van der Waals surface area contributed by atoms with Gasteiger partial charge in [-0.05, 0) is 86.3 Å². The van der Waals surface area contributed by atoms with E-state index in [1.807, 2.05) is 11.9 Å². The Hall–Kier alpha value is -4.42. The number of fused-ring (bicyclic) bond motifs is 1. The van der Waals surface area contributed by atoms with Gasteiger partial charge in [0.2, 0.25) is 16.0 Å². The number of hydrogen-bond donors (Lipinski definition) is 6. The topological polar surface area (TPSA) is 251 Å². The summed E-state index contributed by atoms with van der Waals surface area (Å²) in [5.74, 6) is -0.989. The van der Waals surface area contributed by atoms with Gasteiger partial charge in [-0.2, -0.15) is 16.8 Å². The Bertz CT molecular complexity index is 2650. The van der Waals surface area contributed by atoms with Crippen LogP contribution >= 0.6 is 34.3 Å². The first-order valence-electron chi connectivity index (χ1n) is 19.6. The van der Waals surface area contributed by atoms with Crippen molar-refractivity contribution in [3.8, 4) is 11.5 Å². The number of carbonyl (C=O) groups is 2. The maximum atomic E-state index is 14.2. The van der Waals surface area contributed by atoms with Crippen LogP contribution in [0.5, 0.6) is 11.5 Å². The van der Waals surface area contributed by atoms with E-state index in [9.17, 15) is 46.0 Å². The first-order chi connectivity index (χ1) is 29.8. The van der Waals surface area contributed by atoms with Gasteiger partial charge in [0.15, 0.2) is 0 Å². The van der Waals surface area contributed by atoms with Crippen LogP contribution in [0.1, 0.15) is 66.0 Å². The molecule has 63 heavy (non-hydrogen) atoms. The van der Waals surface area contributed by atoms with Crippen molar-refractivity contribution in [3.05, 3.63) is 108 Å². The van der Waals surface area contributed by atoms with Gasteiger partial charge in [0, 0.05) is 55.2 Å². The molecule has 5 aromatic rings. The summed E-state index contributed by atoms with van der Waals surface area (Å²) in [4.78, 5) is 44.0. The number of rotatable bonds is 19. The minimum atomic E-state index is -5.11. The molecule has 1 unspecified atom stereocenters. The van der Waals surface area contributed by atoms with Gasteiger partial charge >= 0.3 is 5.97 Å². The minimum Gasteiger partial charge on any atom is -0.506 e. The molecule has 1 fully saturated rings. The number of esters is 1. The molecule has 6 rings (SSSR count). The second-order valence-electron chi connectivity index (χ2n) is 15.0. The van der Waals surface area contributed by atoms with Crippen LogP contribution in [0.4, 0.5) is 5.69 Å². The number of phenolic OH excluding ortho intramolecular Hbond substituents is 1. The fourth-order valence-electron chi connectivity index (χ4n) is 7.32. The number of anilines is 1. The lowest BCUT2D eigenvalue weighted by Gasteiger charge is -2.36. The van der Waals surface area contributed by atoms with Crippen LogP contribution in [-0.4, -0.2) is 97.3 Å². The molecule has 17 nitrogen and oxygen atoms in total. The standard InChI is InChI=1S/C41H47ClN4O13S4/c1-24(62(52,53)54)63(55,56)59-41(35-6-4-18-60-35,36-7-5-19-61-36)40(51)58-27-10-8-26(9-11-27)46(2)17-16-38(50)44-31-21-34(57-3)25(20-30(31)42)22-43-23-33(48)28-12-14-32(47)39-29(28)13-15-37(49)45-39/h4-7,12-15,18-21,24,26-27,33,43,47-48H,8-11,16-17,22-23H2,1-3H3,(H,44,50)(H,45,49)(H,52,53,54)/t24?,26?,27?,33-/m0/s1. The summed E-state index contributed by atoms with van der Waals surface area (Å²) in [7, 11) is -6.84. The first-order valence-corrected chi connectivity index (χ1v) is 24.7. The van der Waals surface area contributed by atoms with Gasteiger partial charge in [0.05, 0.1) is 39.2 Å². The van der Waals surface area contributed by atoms with Crippen LogP contribution in [0.15, 0.2) is 76.2 Å². The highest BCUT2D eigenvalue weighted by Gasteiger charge is 2.54. The number of halogens is 1. The summed E-state index contributed by atoms with van der Waals surface area (Å²) in [6.45, 7) is 1.52. The minimum absolute atomic E-state index is 0.0325. The van der Waals surface area contributed by atoms with E-state index >= 15 is 0 Å². The van der Waals surface area contributed by atoms with Crippen molar-refractivity contribution in [1.82, 2.24) is 15.2 Å². The van der Waals surface area contributed by atoms with Gasteiger partial charge in [-0.25, -0.2) is 8.98 Å². The lowest BCUT2D eigenvalue weighted by molar-refractivity contribution is -0.166. The van der Waals surface area contributed by atoms with Crippen molar-refractivity contribution in [2.75, 3.05) is 32.6 Å². The summed E-state index contributed by atoms with van der Waals surface area (Å²) in [6, 6.07) is 15.3. The van der Waals surface area contributed by atoms with Gasteiger partial charge in [0.25, 0.3) is 25.8 Å². The molecule has 2 atom stereocenters. The Morgan fingerprint density at radius 1 is 1.02 bits per heavy atom. The molecule has 6 N–H and O–H groups in total. The second-order valence-corrected chi connectivity index (χ2v) is 21.2. The third-order valence-corrected chi connectivity index (χ3v) is 16.7. The molecule has 22 heteroatoms. The Balaban J connectivity index is 1.01. The lowest BCUT2D eigenvalue weighted by Crippen LogP contribution is -2.46. The van der Waals surface area contributed by atoms with Gasteiger partial charge < -0.3 is 40.2 Å². The molecule has 2 aromatic carbocycles. The van der Waals surface area contributed by atoms with E-state index < -0.39 is 48.6 Å². The number of nitrogens with one attached hydrogen (secondary N) is 3. The number of aliphatic hydroxyl groups is 1. The largest absolute Gasteiger partial charge is 0.506 e. The van der Waals surface area contributed by atoms with Gasteiger partial charge in [-0.1, -0.05) is 29.8 Å². The van der Waals surface area contributed by atoms with Crippen LogP contribution in [0, 0.1) is 0 Å². The number of pyridine rings is 1. The average molecular weight is 968 g/mol. The van der Waals surface area contributed by atoms with Crippen LogP contribution in [0.25, 0.3) is 10.9 Å². The van der Waals surface area contributed by atoms with Crippen molar-refractivity contribution >= 4 is 83.0 Å². The number of nitrogens with zero attached hydrogens (tertiary/aromatic N) is 1. The summed E-state index contributed by atoms with van der Waals surface area (Å²) in [5, 5.41) is 31.1. The number of thiophene rings is 2. The number of methoxy groups -OCH3 is 1. The molecule has 1 aliphatic carbocycles. The zero-order valence-corrected chi connectivity index (χ0v) is 38.3. The maximum absolute atomic E-state index is 14.2. The highest BCUT2D eigenvalue weighted by molar-refractivity contribution is 8.04. The third-order valence-electron chi connectivity index (χ3n) is 10.9. The number of carbonyl (C=O) groups excluding carboxylic acids is 2. The summed E-state index contributed by atoms with van der Waals surface area (Å²) in [5.41, 5.74) is -0.977. The van der Waals surface area contributed by atoms with E-state index in [4.69, 9.17) is 25.3 Å². The molecular formula is C41H47ClN4O13S4. The number of H-pyrrole nitrogens is 1. The van der Waals surface area contributed by atoms with Gasteiger partial charge in [0.1, 0.15) is 17.6 Å². The predicted octanol–water partition coefficient (Wildman–Crippen LogP) is 5.48. The Kier molecular flexibility index (Phi) is 15.4. The van der Waals surface area contributed by atoms with Crippen molar-refractivity contribution in [2.45, 2.75) is 74.0 Å². The molecular weight excluding hydrogens is 920 g/mol. The Morgan fingerprint density at radius 3 is 2.29 bits per heavy atom. The summed E-state index contributed by atoms with van der Waals surface area (Å²) in [6.07, 6.45) is 0.523. The highest BCUT2D eigenvalue weighted by Crippen LogP contribution is 2.43. The quantitative estimate of drug-likeness (QED) is 0.0341. The molecule has 1 amide bonds. The van der Waals surface area contributed by atoms with E-state index in [1.54, 1.807) is 41.1 Å². The van der Waals surface area contributed by atoms with E-state index in [-0.39, 0.29) is 63.1 Å². The number of hydrogen-bond acceptors (Lipinski definition) is 16. The van der Waals surface area contributed by atoms with E-state index in [2.05, 4.69) is 15.6 Å². The number of aromatic amines is 1. The average Bonchev–Trinajstić information content (AvgIpc) is 4.00. The van der Waals surface area contributed by atoms with Gasteiger partial charge in [-0.3, -0.25) is 14.1 Å². The number of aliphatic hydroxyl groups excluding tert-OH is 1. The molecule has 1 aliphatic rings. The molecule has 0 radical (unpaired) electrons. The smallest absolute Gasteiger partial charge is 0.351 e. The normalized spacial score (nSPS) is 17.1. The van der Waals surface area contributed by atoms with Crippen molar-refractivity contribution in [1.29, 1.82) is 0 Å². The molecule has 0 spiro atoms. The van der Waals surface area contributed by atoms with Crippen LogP contribution in [-0.2, 0) is 50.9 Å². The number of amides is 1. The monoisotopic (exact) mass is 966 g/mol. The molecule has 0 bridgehead atoms. The number of benzene rings is 2. The van der Waals surface area contributed by atoms with E-state index in [0.29, 0.717) is 60.2 Å². The zero-order chi connectivity index (χ0) is 45.7. The first kappa shape index (κ1) is 48.0. The molecule has 3 aromatic heterocycles. The lowest BCUT2D eigenvalue weighted by atomic mass is 9.91. The van der Waals surface area contributed by atoms with Crippen LogP contribution < -0.4 is 20.9 Å². The Morgan fingerprint density at radius 2 is 1.68 bits per heavy atom.